The summed E-state index contributed by atoms with van der Waals surface area (Å²) in [5.41, 5.74) is 0.585. The highest BCUT2D eigenvalue weighted by molar-refractivity contribution is 7.91. The standard InChI is InChI=1S/C9H7O2S/c10-8-5-6-12(11)9-4-2-1-3-7(8)9/h2-4H,5-6H2. The number of hydrogen-bond acceptors (Lipinski definition) is 2. The third-order valence-corrected chi connectivity index (χ3v) is 3.31. The van der Waals surface area contributed by atoms with Crippen LogP contribution in [0.3, 0.4) is 0 Å². The smallest absolute Gasteiger partial charge is 0.172 e. The molecule has 0 fully saturated rings. The van der Waals surface area contributed by atoms with E-state index in [-0.39, 0.29) is 5.78 Å². The first kappa shape index (κ1) is 7.83. The van der Waals surface area contributed by atoms with Crippen LogP contribution in [0.4, 0.5) is 0 Å². The fraction of sp³-hybridized carbons (Fsp3) is 0.222. The van der Waals surface area contributed by atoms with Gasteiger partial charge in [-0.25, -0.2) is 0 Å². The second-order valence-corrected chi connectivity index (χ2v) is 4.18. The molecule has 0 saturated carbocycles. The van der Waals surface area contributed by atoms with Crippen LogP contribution in [0.2, 0.25) is 0 Å². The number of Topliss-reactive ketones (excluding diaryl/α,β-unsaturated/α-hetero) is 1. The van der Waals surface area contributed by atoms with Gasteiger partial charge in [-0.15, -0.1) is 0 Å². The molecule has 1 radical (unpaired) electrons. The van der Waals surface area contributed by atoms with Gasteiger partial charge in [0.1, 0.15) is 5.75 Å². The number of fused-ring (bicyclic) bond motifs is 1. The van der Waals surface area contributed by atoms with Crippen molar-refractivity contribution in [2.24, 2.45) is 0 Å². The third-order valence-electron chi connectivity index (χ3n) is 1.88. The van der Waals surface area contributed by atoms with E-state index in [2.05, 4.69) is 6.07 Å². The molecule has 12 heavy (non-hydrogen) atoms. The molecule has 0 amide bonds. The minimum absolute atomic E-state index is 0.0847. The molecule has 1 heterocycles. The maximum absolute atomic E-state index is 11.4. The average molecular weight is 179 g/mol. The lowest BCUT2D eigenvalue weighted by Crippen LogP contribution is -2.20. The maximum Gasteiger partial charge on any atom is 0.172 e. The number of benzene rings is 1. The van der Waals surface area contributed by atoms with E-state index in [4.69, 9.17) is 0 Å². The monoisotopic (exact) mass is 179 g/mol. The third kappa shape index (κ3) is 1.15. The lowest BCUT2D eigenvalue weighted by Gasteiger charge is -2.17. The molecule has 0 bridgehead atoms. The Bertz CT molecular complexity index is 322. The molecule has 1 aromatic carbocycles. The normalized spacial score (nSPS) is 22.1. The van der Waals surface area contributed by atoms with E-state index in [9.17, 15) is 9.35 Å². The van der Waals surface area contributed by atoms with Gasteiger partial charge in [-0.2, -0.15) is 0 Å². The van der Waals surface area contributed by atoms with Crippen LogP contribution in [0.15, 0.2) is 23.1 Å². The summed E-state index contributed by atoms with van der Waals surface area (Å²) in [6.45, 7) is 0. The fourth-order valence-electron chi connectivity index (χ4n) is 1.26. The van der Waals surface area contributed by atoms with Gasteiger partial charge in [-0.1, -0.05) is 0 Å². The first-order chi connectivity index (χ1) is 5.79. The second-order valence-electron chi connectivity index (χ2n) is 2.65. The Labute approximate surface area is 73.8 Å². The van der Waals surface area contributed by atoms with Gasteiger partial charge in [0.2, 0.25) is 0 Å². The quantitative estimate of drug-likeness (QED) is 0.561. The zero-order valence-corrected chi connectivity index (χ0v) is 7.19. The number of carbonyl (C=O) groups is 1. The zero-order valence-electron chi connectivity index (χ0n) is 6.37. The number of carbonyl (C=O) groups excluding carboxylic acids is 1. The molecule has 0 saturated heterocycles. The lowest BCUT2D eigenvalue weighted by atomic mass is 10.1. The summed E-state index contributed by atoms with van der Waals surface area (Å²) in [7, 11) is 0. The van der Waals surface area contributed by atoms with Crippen molar-refractivity contribution in [2.45, 2.75) is 11.3 Å². The molecule has 1 atom stereocenters. The van der Waals surface area contributed by atoms with E-state index in [0.717, 1.165) is 0 Å². The average Bonchev–Trinajstić information content (AvgIpc) is 2.12. The van der Waals surface area contributed by atoms with Crippen molar-refractivity contribution in [1.82, 2.24) is 0 Å². The first-order valence-corrected chi connectivity index (χ1v) is 5.02. The van der Waals surface area contributed by atoms with Crippen molar-refractivity contribution in [3.05, 3.63) is 29.8 Å². The van der Waals surface area contributed by atoms with E-state index in [1.165, 1.54) is 0 Å². The largest absolute Gasteiger partial charge is 0.611 e. The summed E-state index contributed by atoms with van der Waals surface area (Å²) in [4.78, 5) is 11.9. The van der Waals surface area contributed by atoms with Gasteiger partial charge in [0, 0.05) is 0 Å². The van der Waals surface area contributed by atoms with Crippen LogP contribution < -0.4 is 0 Å². The predicted molar refractivity (Wildman–Crippen MR) is 45.5 cm³/mol. The topological polar surface area (TPSA) is 40.1 Å². The molecular formula is C9H7O2S. The highest BCUT2D eigenvalue weighted by Gasteiger charge is 2.26. The molecule has 1 aliphatic rings. The van der Waals surface area contributed by atoms with Gasteiger partial charge in [0.05, 0.1) is 12.0 Å². The molecule has 2 rings (SSSR count). The molecule has 1 unspecified atom stereocenters. The van der Waals surface area contributed by atoms with Crippen LogP contribution in [0, 0.1) is 6.07 Å². The number of ketones is 1. The molecular weight excluding hydrogens is 172 g/mol. The summed E-state index contributed by atoms with van der Waals surface area (Å²) in [6, 6.07) is 7.84. The first-order valence-electron chi connectivity index (χ1n) is 3.71. The lowest BCUT2D eigenvalue weighted by molar-refractivity contribution is 0.0983. The summed E-state index contributed by atoms with van der Waals surface area (Å²) in [5, 5.41) is 0. The molecule has 0 N–H and O–H groups in total. The summed E-state index contributed by atoms with van der Waals surface area (Å²) in [6.07, 6.45) is 0.400. The van der Waals surface area contributed by atoms with Crippen molar-refractivity contribution in [3.8, 4) is 0 Å². The summed E-state index contributed by atoms with van der Waals surface area (Å²) in [5.74, 6) is 0.553. The van der Waals surface area contributed by atoms with E-state index >= 15 is 0 Å². The van der Waals surface area contributed by atoms with Crippen molar-refractivity contribution < 1.29 is 9.35 Å². The van der Waals surface area contributed by atoms with Gasteiger partial charge in [-0.05, 0) is 35.4 Å². The summed E-state index contributed by atoms with van der Waals surface area (Å²) < 4.78 is 11.4. The summed E-state index contributed by atoms with van der Waals surface area (Å²) >= 11 is -0.977. The SMILES string of the molecule is O=C1CC[S+]([O-])c2cc[c]cc21. The Morgan fingerprint density at radius 2 is 2.42 bits per heavy atom. The zero-order chi connectivity index (χ0) is 8.55. The Morgan fingerprint density at radius 3 is 3.17 bits per heavy atom. The molecule has 1 aliphatic heterocycles. The Morgan fingerprint density at radius 1 is 1.58 bits per heavy atom. The van der Waals surface area contributed by atoms with Crippen molar-refractivity contribution in [3.63, 3.8) is 0 Å². The second kappa shape index (κ2) is 2.92. The number of rotatable bonds is 0. The van der Waals surface area contributed by atoms with Crippen LogP contribution >= 0.6 is 0 Å². The molecule has 1 aromatic rings. The predicted octanol–water partition coefficient (Wildman–Crippen LogP) is 1.18. The van der Waals surface area contributed by atoms with Gasteiger partial charge >= 0.3 is 0 Å². The van der Waals surface area contributed by atoms with Crippen LogP contribution in [0.1, 0.15) is 16.8 Å². The minimum atomic E-state index is -0.977. The van der Waals surface area contributed by atoms with Crippen LogP contribution in [0.25, 0.3) is 0 Å². The van der Waals surface area contributed by atoms with E-state index in [1.54, 1.807) is 18.2 Å². The van der Waals surface area contributed by atoms with Crippen LogP contribution in [-0.4, -0.2) is 16.1 Å². The van der Waals surface area contributed by atoms with Gasteiger partial charge in [-0.3, -0.25) is 4.79 Å². The van der Waals surface area contributed by atoms with Crippen LogP contribution in [0.5, 0.6) is 0 Å². The fourth-order valence-corrected chi connectivity index (χ4v) is 2.49. The molecule has 3 heteroatoms. The van der Waals surface area contributed by atoms with Gasteiger partial charge < -0.3 is 4.55 Å². The van der Waals surface area contributed by atoms with Crippen molar-refractivity contribution in [1.29, 1.82) is 0 Å². The minimum Gasteiger partial charge on any atom is -0.611 e. The van der Waals surface area contributed by atoms with Gasteiger partial charge in [0.25, 0.3) is 0 Å². The Balaban J connectivity index is 2.55. The van der Waals surface area contributed by atoms with Crippen molar-refractivity contribution >= 4 is 17.0 Å². The van der Waals surface area contributed by atoms with E-state index < -0.39 is 11.2 Å². The highest BCUT2D eigenvalue weighted by atomic mass is 32.2. The van der Waals surface area contributed by atoms with Crippen molar-refractivity contribution in [2.75, 3.05) is 5.75 Å². The van der Waals surface area contributed by atoms with E-state index in [0.29, 0.717) is 22.6 Å². The maximum atomic E-state index is 11.4. The van der Waals surface area contributed by atoms with Gasteiger partial charge in [0.15, 0.2) is 10.7 Å². The Hall–Kier alpha value is -0.800. The number of hydrogen-bond donors (Lipinski definition) is 0. The van der Waals surface area contributed by atoms with Crippen LogP contribution in [-0.2, 0) is 11.2 Å². The highest BCUT2D eigenvalue weighted by Crippen LogP contribution is 2.23. The molecule has 0 aliphatic carbocycles. The molecule has 0 aromatic heterocycles. The molecule has 0 spiro atoms. The van der Waals surface area contributed by atoms with E-state index in [1.807, 2.05) is 0 Å². The molecule has 2 nitrogen and oxygen atoms in total. The Kier molecular flexibility index (Phi) is 1.90. The molecule has 61 valence electrons.